The van der Waals surface area contributed by atoms with Gasteiger partial charge in [0.25, 0.3) is 5.92 Å². The van der Waals surface area contributed by atoms with Crippen LogP contribution in [0.1, 0.15) is 6.92 Å². The highest BCUT2D eigenvalue weighted by Crippen LogP contribution is 2.23. The minimum atomic E-state index is -3.43. The van der Waals surface area contributed by atoms with Gasteiger partial charge in [0.1, 0.15) is 0 Å². The van der Waals surface area contributed by atoms with E-state index < -0.39 is 11.7 Å². The van der Waals surface area contributed by atoms with Crippen LogP contribution in [0, 0.1) is 0 Å². The number of hydrogen-bond acceptors (Lipinski definition) is 0. The quantitative estimate of drug-likeness (QED) is 0.531. The smallest absolute Gasteiger partial charge is 0.204 e. The minimum absolute atomic E-state index is 0.222. The normalized spacial score (nSPS) is 14.4. The third kappa shape index (κ3) is 2.21. The summed E-state index contributed by atoms with van der Waals surface area (Å²) in [6.45, 7) is 0.432. The first kappa shape index (κ1) is 7.82. The molecular formula is C4H4ClF3. The maximum absolute atomic E-state index is 11.6. The molecule has 0 nitrogen and oxygen atoms in total. The molecule has 0 aliphatic rings. The predicted molar refractivity (Wildman–Crippen MR) is 25.7 cm³/mol. The van der Waals surface area contributed by atoms with Crippen molar-refractivity contribution in [3.63, 3.8) is 0 Å². The Morgan fingerprint density at radius 3 is 2.00 bits per heavy atom. The average molecular weight is 145 g/mol. The van der Waals surface area contributed by atoms with E-state index >= 15 is 0 Å². The average Bonchev–Trinajstić information content (AvgIpc) is 1.62. The zero-order valence-corrected chi connectivity index (χ0v) is 4.85. The van der Waals surface area contributed by atoms with Crippen LogP contribution in [0.2, 0.25) is 0 Å². The van der Waals surface area contributed by atoms with Crippen molar-refractivity contribution in [3.05, 3.63) is 11.4 Å². The Morgan fingerprint density at radius 1 is 1.62 bits per heavy atom. The van der Waals surface area contributed by atoms with E-state index in [9.17, 15) is 13.2 Å². The van der Waals surface area contributed by atoms with Gasteiger partial charge < -0.3 is 0 Å². The number of halogens is 4. The van der Waals surface area contributed by atoms with Crippen molar-refractivity contribution in [2.75, 3.05) is 0 Å². The highest BCUT2D eigenvalue weighted by molar-refractivity contribution is 6.25. The van der Waals surface area contributed by atoms with Crippen LogP contribution >= 0.6 is 11.6 Å². The molecule has 0 rings (SSSR count). The van der Waals surface area contributed by atoms with Crippen molar-refractivity contribution in [1.82, 2.24) is 0 Å². The van der Waals surface area contributed by atoms with Crippen molar-refractivity contribution in [3.8, 4) is 0 Å². The van der Waals surface area contributed by atoms with Gasteiger partial charge in [-0.15, -0.1) is 0 Å². The second-order valence-electron chi connectivity index (χ2n) is 1.35. The second kappa shape index (κ2) is 2.40. The molecule has 0 N–H and O–H groups in total. The molecule has 0 fully saturated rings. The Labute approximate surface area is 49.9 Å². The van der Waals surface area contributed by atoms with E-state index in [1.165, 1.54) is 0 Å². The van der Waals surface area contributed by atoms with Gasteiger partial charge in [-0.1, -0.05) is 11.6 Å². The van der Waals surface area contributed by atoms with Gasteiger partial charge in [-0.2, -0.15) is 8.78 Å². The molecule has 0 unspecified atom stereocenters. The van der Waals surface area contributed by atoms with Crippen molar-refractivity contribution < 1.29 is 13.2 Å². The van der Waals surface area contributed by atoms with Gasteiger partial charge in [0.15, 0.2) is 5.83 Å². The van der Waals surface area contributed by atoms with Crippen LogP contribution in [0.3, 0.4) is 0 Å². The Bertz CT molecular complexity index is 102. The molecule has 0 heterocycles. The number of hydrogen-bond donors (Lipinski definition) is 0. The summed E-state index contributed by atoms with van der Waals surface area (Å²) in [4.78, 5) is 0. The van der Waals surface area contributed by atoms with Crippen LogP contribution < -0.4 is 0 Å². The third-order valence-corrected chi connectivity index (χ3v) is 0.707. The largest absolute Gasteiger partial charge is 0.296 e. The van der Waals surface area contributed by atoms with E-state index in [1.807, 2.05) is 0 Å². The maximum Gasteiger partial charge on any atom is 0.296 e. The first-order chi connectivity index (χ1) is 3.48. The lowest BCUT2D eigenvalue weighted by Gasteiger charge is -2.03. The summed E-state index contributed by atoms with van der Waals surface area (Å²) in [5, 5.41) is 0. The van der Waals surface area contributed by atoms with Gasteiger partial charge in [-0.25, -0.2) is 4.39 Å². The summed E-state index contributed by atoms with van der Waals surface area (Å²) in [5.41, 5.74) is 0.222. The van der Waals surface area contributed by atoms with Gasteiger partial charge >= 0.3 is 0 Å². The molecule has 8 heavy (non-hydrogen) atoms. The van der Waals surface area contributed by atoms with E-state index in [0.29, 0.717) is 6.92 Å². The van der Waals surface area contributed by atoms with E-state index in [2.05, 4.69) is 11.6 Å². The standard InChI is InChI=1S/C4H4ClF3/c1-4(7,8)3(6)2-5/h2H,1H3. The van der Waals surface area contributed by atoms with E-state index in [0.717, 1.165) is 0 Å². The molecule has 0 bridgehead atoms. The third-order valence-electron chi connectivity index (χ3n) is 0.515. The molecule has 0 saturated carbocycles. The summed E-state index contributed by atoms with van der Waals surface area (Å²) in [6.07, 6.45) is 0. The fraction of sp³-hybridized carbons (Fsp3) is 0.500. The highest BCUT2D eigenvalue weighted by Gasteiger charge is 2.27. The molecule has 0 aliphatic heterocycles. The number of alkyl halides is 2. The molecule has 0 aromatic rings. The Balaban J connectivity index is 4.03. The highest BCUT2D eigenvalue weighted by atomic mass is 35.5. The van der Waals surface area contributed by atoms with E-state index in [1.54, 1.807) is 0 Å². The van der Waals surface area contributed by atoms with Gasteiger partial charge in [-0.3, -0.25) is 0 Å². The van der Waals surface area contributed by atoms with Crippen molar-refractivity contribution in [1.29, 1.82) is 0 Å². The monoisotopic (exact) mass is 144 g/mol. The molecule has 0 aliphatic carbocycles. The van der Waals surface area contributed by atoms with Crippen molar-refractivity contribution in [2.45, 2.75) is 12.8 Å². The summed E-state index contributed by atoms with van der Waals surface area (Å²) in [5.74, 6) is -5.04. The van der Waals surface area contributed by atoms with Crippen LogP contribution in [-0.2, 0) is 0 Å². The molecule has 0 spiro atoms. The summed E-state index contributed by atoms with van der Waals surface area (Å²) >= 11 is 4.62. The van der Waals surface area contributed by atoms with E-state index in [-0.39, 0.29) is 5.54 Å². The number of allylic oxidation sites excluding steroid dienone is 1. The van der Waals surface area contributed by atoms with Gasteiger partial charge in [0, 0.05) is 12.5 Å². The van der Waals surface area contributed by atoms with Crippen LogP contribution in [0.15, 0.2) is 11.4 Å². The minimum Gasteiger partial charge on any atom is -0.204 e. The lowest BCUT2D eigenvalue weighted by molar-refractivity contribution is 0.0391. The molecule has 0 amide bonds. The molecule has 0 saturated heterocycles. The fourth-order valence-corrected chi connectivity index (χ4v) is 0.287. The van der Waals surface area contributed by atoms with Crippen molar-refractivity contribution >= 4 is 11.6 Å². The lowest BCUT2D eigenvalue weighted by atomic mass is 10.4. The molecule has 0 radical (unpaired) electrons. The SMILES string of the molecule is CC(F)(F)C(F)=CCl. The molecule has 0 atom stereocenters. The number of rotatable bonds is 1. The summed E-state index contributed by atoms with van der Waals surface area (Å²) in [6, 6.07) is 0. The van der Waals surface area contributed by atoms with E-state index in [4.69, 9.17) is 0 Å². The molecule has 0 aromatic heterocycles. The van der Waals surface area contributed by atoms with Gasteiger partial charge in [-0.05, 0) is 0 Å². The van der Waals surface area contributed by atoms with Crippen LogP contribution in [0.5, 0.6) is 0 Å². The zero-order chi connectivity index (χ0) is 6.78. The Kier molecular flexibility index (Phi) is 2.34. The Hall–Kier alpha value is -0.180. The zero-order valence-electron chi connectivity index (χ0n) is 4.09. The molecule has 0 aromatic carbocycles. The molecule has 4 heteroatoms. The van der Waals surface area contributed by atoms with Crippen molar-refractivity contribution in [2.24, 2.45) is 0 Å². The van der Waals surface area contributed by atoms with Gasteiger partial charge in [0.05, 0.1) is 0 Å². The maximum atomic E-state index is 11.6. The topological polar surface area (TPSA) is 0 Å². The lowest BCUT2D eigenvalue weighted by Crippen LogP contribution is -2.08. The fourth-order valence-electron chi connectivity index (χ4n) is 0.0958. The van der Waals surface area contributed by atoms with Crippen LogP contribution in [0.4, 0.5) is 13.2 Å². The molecule has 48 valence electrons. The van der Waals surface area contributed by atoms with Gasteiger partial charge in [0.2, 0.25) is 0 Å². The predicted octanol–water partition coefficient (Wildman–Crippen LogP) is 2.69. The second-order valence-corrected chi connectivity index (χ2v) is 1.56. The van der Waals surface area contributed by atoms with Crippen LogP contribution in [-0.4, -0.2) is 5.92 Å². The Morgan fingerprint density at radius 2 is 2.00 bits per heavy atom. The summed E-state index contributed by atoms with van der Waals surface area (Å²) in [7, 11) is 0. The van der Waals surface area contributed by atoms with Crippen LogP contribution in [0.25, 0.3) is 0 Å². The summed E-state index contributed by atoms with van der Waals surface area (Å²) < 4.78 is 34.8. The molecular weight excluding hydrogens is 140 g/mol. The first-order valence-corrected chi connectivity index (χ1v) is 2.26. The first-order valence-electron chi connectivity index (χ1n) is 1.82.